The molecule has 0 amide bonds. The van der Waals surface area contributed by atoms with Crippen molar-refractivity contribution in [3.8, 4) is 0 Å². The molecule has 0 aromatic carbocycles. The summed E-state index contributed by atoms with van der Waals surface area (Å²) >= 11 is 0. The zero-order valence-electron chi connectivity index (χ0n) is 12.8. The van der Waals surface area contributed by atoms with Gasteiger partial charge in [-0.15, -0.1) is 0 Å². The van der Waals surface area contributed by atoms with Crippen molar-refractivity contribution < 1.29 is 14.3 Å². The molecule has 1 heterocycles. The molecule has 0 unspecified atom stereocenters. The van der Waals surface area contributed by atoms with E-state index < -0.39 is 5.79 Å². The Morgan fingerprint density at radius 3 is 2.26 bits per heavy atom. The van der Waals surface area contributed by atoms with Crippen molar-refractivity contribution in [2.24, 2.45) is 22.2 Å². The molecule has 19 heavy (non-hydrogen) atoms. The second-order valence-electron chi connectivity index (χ2n) is 7.70. The highest BCUT2D eigenvalue weighted by atomic mass is 16.7. The molecule has 3 heteroatoms. The summed E-state index contributed by atoms with van der Waals surface area (Å²) in [4.78, 5) is 12.3. The minimum absolute atomic E-state index is 0.0698. The summed E-state index contributed by atoms with van der Waals surface area (Å²) < 4.78 is 12.2. The Balaban J connectivity index is 2.15. The highest BCUT2D eigenvalue weighted by Crippen LogP contribution is 2.74. The number of hydrogen-bond acceptors (Lipinski definition) is 3. The average molecular weight is 266 g/mol. The van der Waals surface area contributed by atoms with E-state index in [4.69, 9.17) is 9.47 Å². The van der Waals surface area contributed by atoms with Gasteiger partial charge in [-0.25, -0.2) is 0 Å². The SMILES string of the molecule is C[C@H]1C(=O)CC[C@]2(C)CC3(OCCO3)C(C)(C)[C@]12C. The fourth-order valence-corrected chi connectivity index (χ4v) is 5.34. The molecule has 0 aromatic heterocycles. The predicted molar refractivity (Wildman–Crippen MR) is 72.7 cm³/mol. The van der Waals surface area contributed by atoms with Crippen molar-refractivity contribution >= 4 is 5.78 Å². The first-order chi connectivity index (χ1) is 8.70. The number of hydrogen-bond donors (Lipinski definition) is 0. The molecule has 0 bridgehead atoms. The van der Waals surface area contributed by atoms with Gasteiger partial charge in [0, 0.05) is 24.2 Å². The molecule has 3 rings (SSSR count). The molecular formula is C16H26O3. The number of ether oxygens (including phenoxy) is 2. The van der Waals surface area contributed by atoms with Crippen LogP contribution in [0.4, 0.5) is 0 Å². The number of carbonyl (C=O) groups is 1. The van der Waals surface area contributed by atoms with E-state index in [1.54, 1.807) is 0 Å². The summed E-state index contributed by atoms with van der Waals surface area (Å²) in [5.74, 6) is -0.00780. The Kier molecular flexibility index (Phi) is 2.58. The summed E-state index contributed by atoms with van der Waals surface area (Å²) in [6, 6.07) is 0. The average Bonchev–Trinajstić information content (AvgIpc) is 2.85. The molecule has 108 valence electrons. The van der Waals surface area contributed by atoms with Crippen LogP contribution in [0, 0.1) is 22.2 Å². The number of carbonyl (C=O) groups excluding carboxylic acids is 1. The highest BCUT2D eigenvalue weighted by Gasteiger charge is 2.75. The Morgan fingerprint density at radius 1 is 1.11 bits per heavy atom. The van der Waals surface area contributed by atoms with Gasteiger partial charge in [0.2, 0.25) is 0 Å². The molecule has 1 spiro atoms. The lowest BCUT2D eigenvalue weighted by Gasteiger charge is -2.55. The first-order valence-corrected chi connectivity index (χ1v) is 7.51. The number of Topliss-reactive ketones (excluding diaryl/α,β-unsaturated/α-hetero) is 1. The summed E-state index contributed by atoms with van der Waals surface area (Å²) in [6.07, 6.45) is 2.59. The van der Waals surface area contributed by atoms with Crippen LogP contribution in [0.15, 0.2) is 0 Å². The molecule has 2 saturated carbocycles. The fraction of sp³-hybridized carbons (Fsp3) is 0.938. The maximum atomic E-state index is 12.3. The lowest BCUT2D eigenvalue weighted by atomic mass is 9.48. The minimum atomic E-state index is -0.491. The van der Waals surface area contributed by atoms with E-state index in [2.05, 4.69) is 34.6 Å². The standard InChI is InChI=1S/C16H26O3/c1-11-12(17)6-7-14(4)10-16(18-8-9-19-16)13(2,3)15(11,14)5/h11H,6-10H2,1-5H3/t11-,14+,15-/m0/s1. The van der Waals surface area contributed by atoms with Crippen LogP contribution in [0.5, 0.6) is 0 Å². The van der Waals surface area contributed by atoms with Crippen LogP contribution in [-0.2, 0) is 14.3 Å². The second-order valence-corrected chi connectivity index (χ2v) is 7.70. The molecule has 1 aliphatic heterocycles. The molecule has 3 nitrogen and oxygen atoms in total. The number of ketones is 1. The summed E-state index contributed by atoms with van der Waals surface area (Å²) in [7, 11) is 0. The Bertz CT molecular complexity index is 422. The number of fused-ring (bicyclic) bond motifs is 1. The Labute approximate surface area is 116 Å². The first kappa shape index (κ1) is 13.6. The van der Waals surface area contributed by atoms with Crippen LogP contribution in [0.3, 0.4) is 0 Å². The molecule has 3 atom stereocenters. The summed E-state index contributed by atoms with van der Waals surface area (Å²) in [5, 5.41) is 0. The first-order valence-electron chi connectivity index (χ1n) is 7.51. The van der Waals surface area contributed by atoms with Crippen molar-refractivity contribution in [2.45, 2.75) is 59.7 Å². The van der Waals surface area contributed by atoms with Gasteiger partial charge >= 0.3 is 0 Å². The van der Waals surface area contributed by atoms with Gasteiger partial charge in [-0.3, -0.25) is 4.79 Å². The van der Waals surface area contributed by atoms with Gasteiger partial charge in [-0.1, -0.05) is 34.6 Å². The zero-order valence-corrected chi connectivity index (χ0v) is 12.8. The quantitative estimate of drug-likeness (QED) is 0.675. The van der Waals surface area contributed by atoms with E-state index in [0.29, 0.717) is 25.4 Å². The van der Waals surface area contributed by atoms with E-state index >= 15 is 0 Å². The lowest BCUT2D eigenvalue weighted by molar-refractivity contribution is -0.234. The van der Waals surface area contributed by atoms with E-state index in [1.807, 2.05) is 0 Å². The van der Waals surface area contributed by atoms with Crippen LogP contribution in [-0.4, -0.2) is 24.8 Å². The third-order valence-electron chi connectivity index (χ3n) is 7.15. The molecule has 0 radical (unpaired) electrons. The van der Waals surface area contributed by atoms with Crippen molar-refractivity contribution in [2.75, 3.05) is 13.2 Å². The van der Waals surface area contributed by atoms with Crippen molar-refractivity contribution in [3.05, 3.63) is 0 Å². The van der Waals surface area contributed by atoms with E-state index in [-0.39, 0.29) is 22.2 Å². The minimum Gasteiger partial charge on any atom is -0.347 e. The van der Waals surface area contributed by atoms with Gasteiger partial charge in [0.25, 0.3) is 0 Å². The van der Waals surface area contributed by atoms with Gasteiger partial charge in [0.15, 0.2) is 5.79 Å². The summed E-state index contributed by atoms with van der Waals surface area (Å²) in [6.45, 7) is 12.6. The van der Waals surface area contributed by atoms with Gasteiger partial charge in [0.05, 0.1) is 13.2 Å². The maximum Gasteiger partial charge on any atom is 0.174 e. The fourth-order valence-electron chi connectivity index (χ4n) is 5.34. The highest BCUT2D eigenvalue weighted by molar-refractivity contribution is 5.83. The van der Waals surface area contributed by atoms with Crippen LogP contribution in [0.1, 0.15) is 53.9 Å². The van der Waals surface area contributed by atoms with Crippen molar-refractivity contribution in [1.29, 1.82) is 0 Å². The van der Waals surface area contributed by atoms with Gasteiger partial charge < -0.3 is 9.47 Å². The normalized spacial score (nSPS) is 47.6. The van der Waals surface area contributed by atoms with E-state index in [1.165, 1.54) is 0 Å². The van der Waals surface area contributed by atoms with Crippen LogP contribution >= 0.6 is 0 Å². The molecule has 3 aliphatic rings. The molecule has 0 aromatic rings. The van der Waals surface area contributed by atoms with Crippen LogP contribution < -0.4 is 0 Å². The second kappa shape index (κ2) is 3.62. The molecule has 1 saturated heterocycles. The van der Waals surface area contributed by atoms with Crippen LogP contribution in [0.2, 0.25) is 0 Å². The van der Waals surface area contributed by atoms with Crippen molar-refractivity contribution in [1.82, 2.24) is 0 Å². The molecular weight excluding hydrogens is 240 g/mol. The third-order valence-corrected chi connectivity index (χ3v) is 7.15. The Hall–Kier alpha value is -0.410. The summed E-state index contributed by atoms with van der Waals surface area (Å²) in [5.41, 5.74) is -0.103. The molecule has 2 aliphatic carbocycles. The topological polar surface area (TPSA) is 35.5 Å². The maximum absolute atomic E-state index is 12.3. The van der Waals surface area contributed by atoms with E-state index in [0.717, 1.165) is 12.8 Å². The largest absolute Gasteiger partial charge is 0.347 e. The zero-order chi connectivity index (χ0) is 14.1. The van der Waals surface area contributed by atoms with Gasteiger partial charge in [0.1, 0.15) is 5.78 Å². The van der Waals surface area contributed by atoms with Crippen LogP contribution in [0.25, 0.3) is 0 Å². The van der Waals surface area contributed by atoms with Gasteiger partial charge in [-0.05, 0) is 17.3 Å². The number of rotatable bonds is 0. The van der Waals surface area contributed by atoms with E-state index in [9.17, 15) is 4.79 Å². The smallest absolute Gasteiger partial charge is 0.174 e. The van der Waals surface area contributed by atoms with Gasteiger partial charge in [-0.2, -0.15) is 0 Å². The monoisotopic (exact) mass is 266 g/mol. The molecule has 0 N–H and O–H groups in total. The van der Waals surface area contributed by atoms with Crippen molar-refractivity contribution in [3.63, 3.8) is 0 Å². The molecule has 3 fully saturated rings. The Morgan fingerprint density at radius 2 is 1.68 bits per heavy atom. The third kappa shape index (κ3) is 1.29. The predicted octanol–water partition coefficient (Wildman–Crippen LogP) is 3.17. The lowest BCUT2D eigenvalue weighted by Crippen LogP contribution is -2.55.